The lowest BCUT2D eigenvalue weighted by Gasteiger charge is -2.19. The zero-order chi connectivity index (χ0) is 20.6. The number of nitrogens with one attached hydrogen (secondary N) is 1. The molecular weight excluding hydrogens is 380 g/mol. The number of aromatic hydroxyl groups is 1. The first-order valence-electron chi connectivity index (χ1n) is 9.42. The summed E-state index contributed by atoms with van der Waals surface area (Å²) in [7, 11) is 0. The second-order valence-electron chi connectivity index (χ2n) is 8.00. The second kappa shape index (κ2) is 7.33. The van der Waals surface area contributed by atoms with E-state index in [0.29, 0.717) is 21.8 Å². The van der Waals surface area contributed by atoms with Crippen LogP contribution in [0.3, 0.4) is 0 Å². The number of carbonyl (C=O) groups is 1. The molecular formula is C24H22N2O2S. The van der Waals surface area contributed by atoms with Crippen molar-refractivity contribution in [2.45, 2.75) is 26.2 Å². The number of carbonyl (C=O) groups excluding carboxylic acids is 1. The van der Waals surface area contributed by atoms with E-state index in [-0.39, 0.29) is 17.1 Å². The van der Waals surface area contributed by atoms with Gasteiger partial charge in [-0.25, -0.2) is 4.98 Å². The van der Waals surface area contributed by atoms with Crippen molar-refractivity contribution in [1.82, 2.24) is 4.98 Å². The molecule has 5 heteroatoms. The van der Waals surface area contributed by atoms with Gasteiger partial charge in [0.05, 0.1) is 15.8 Å². The molecule has 1 aromatic heterocycles. The molecule has 4 nitrogen and oxygen atoms in total. The lowest BCUT2D eigenvalue weighted by molar-refractivity contribution is 0.102. The highest BCUT2D eigenvalue weighted by atomic mass is 32.1. The minimum atomic E-state index is -0.189. The van der Waals surface area contributed by atoms with Crippen LogP contribution in [0, 0.1) is 0 Å². The number of anilines is 1. The summed E-state index contributed by atoms with van der Waals surface area (Å²) >= 11 is 1.51. The molecule has 0 aliphatic carbocycles. The van der Waals surface area contributed by atoms with Crippen LogP contribution in [0.5, 0.6) is 5.75 Å². The third-order valence-corrected chi connectivity index (χ3v) is 5.86. The van der Waals surface area contributed by atoms with Crippen LogP contribution in [-0.4, -0.2) is 16.0 Å². The SMILES string of the molecule is CC(C)(C)c1ccc(C(=O)Nc2ccc(O)c(-c3nc4ccccc4s3)c2)cc1. The maximum absolute atomic E-state index is 12.7. The normalized spacial score (nSPS) is 11.6. The van der Waals surface area contributed by atoms with Crippen molar-refractivity contribution in [3.63, 3.8) is 0 Å². The Morgan fingerprint density at radius 1 is 1.00 bits per heavy atom. The maximum atomic E-state index is 12.7. The number of amides is 1. The van der Waals surface area contributed by atoms with Crippen LogP contribution >= 0.6 is 11.3 Å². The first-order chi connectivity index (χ1) is 13.8. The van der Waals surface area contributed by atoms with Gasteiger partial charge in [-0.1, -0.05) is 45.0 Å². The van der Waals surface area contributed by atoms with Gasteiger partial charge in [0.1, 0.15) is 10.8 Å². The van der Waals surface area contributed by atoms with Crippen LogP contribution in [0.25, 0.3) is 20.8 Å². The third kappa shape index (κ3) is 4.00. The maximum Gasteiger partial charge on any atom is 0.255 e. The fraction of sp³-hybridized carbons (Fsp3) is 0.167. The summed E-state index contributed by atoms with van der Waals surface area (Å²) in [6, 6.07) is 20.5. The number of fused-ring (bicyclic) bond motifs is 1. The number of para-hydroxylation sites is 1. The number of hydrogen-bond acceptors (Lipinski definition) is 4. The van der Waals surface area contributed by atoms with E-state index in [1.807, 2.05) is 48.5 Å². The van der Waals surface area contributed by atoms with Gasteiger partial charge in [0, 0.05) is 11.3 Å². The molecule has 0 bridgehead atoms. The van der Waals surface area contributed by atoms with E-state index >= 15 is 0 Å². The molecule has 29 heavy (non-hydrogen) atoms. The van der Waals surface area contributed by atoms with E-state index in [2.05, 4.69) is 31.1 Å². The van der Waals surface area contributed by atoms with E-state index in [1.165, 1.54) is 16.9 Å². The number of aromatic nitrogens is 1. The smallest absolute Gasteiger partial charge is 0.255 e. The van der Waals surface area contributed by atoms with Gasteiger partial charge in [-0.15, -0.1) is 11.3 Å². The minimum Gasteiger partial charge on any atom is -0.507 e. The van der Waals surface area contributed by atoms with Gasteiger partial charge < -0.3 is 10.4 Å². The summed E-state index contributed by atoms with van der Waals surface area (Å²) in [5.41, 5.74) is 3.91. The van der Waals surface area contributed by atoms with Crippen LogP contribution in [0.15, 0.2) is 66.7 Å². The number of hydrogen-bond donors (Lipinski definition) is 2. The van der Waals surface area contributed by atoms with E-state index in [1.54, 1.807) is 18.2 Å². The Labute approximate surface area is 173 Å². The molecule has 0 unspecified atom stereocenters. The quantitative estimate of drug-likeness (QED) is 0.400. The Morgan fingerprint density at radius 2 is 1.72 bits per heavy atom. The Kier molecular flexibility index (Phi) is 4.84. The summed E-state index contributed by atoms with van der Waals surface area (Å²) < 4.78 is 1.05. The van der Waals surface area contributed by atoms with Crippen molar-refractivity contribution in [3.8, 4) is 16.3 Å². The van der Waals surface area contributed by atoms with Crippen molar-refractivity contribution < 1.29 is 9.90 Å². The van der Waals surface area contributed by atoms with Gasteiger partial charge >= 0.3 is 0 Å². The fourth-order valence-corrected chi connectivity index (χ4v) is 4.09. The average molecular weight is 403 g/mol. The molecule has 0 saturated carbocycles. The van der Waals surface area contributed by atoms with Crippen LogP contribution in [-0.2, 0) is 5.41 Å². The molecule has 1 heterocycles. The van der Waals surface area contributed by atoms with Gasteiger partial charge in [-0.05, 0) is 53.4 Å². The largest absolute Gasteiger partial charge is 0.507 e. The average Bonchev–Trinajstić information content (AvgIpc) is 3.13. The summed E-state index contributed by atoms with van der Waals surface area (Å²) in [4.78, 5) is 17.3. The van der Waals surface area contributed by atoms with Crippen molar-refractivity contribution in [2.75, 3.05) is 5.32 Å². The van der Waals surface area contributed by atoms with Gasteiger partial charge in [0.2, 0.25) is 0 Å². The second-order valence-corrected chi connectivity index (χ2v) is 9.03. The van der Waals surface area contributed by atoms with Crippen LogP contribution in [0.2, 0.25) is 0 Å². The molecule has 146 valence electrons. The Bertz CT molecular complexity index is 1150. The van der Waals surface area contributed by atoms with E-state index < -0.39 is 0 Å². The number of rotatable bonds is 3. The lowest BCUT2D eigenvalue weighted by Crippen LogP contribution is -2.14. The van der Waals surface area contributed by atoms with Crippen LogP contribution in [0.4, 0.5) is 5.69 Å². The summed E-state index contributed by atoms with van der Waals surface area (Å²) in [5.74, 6) is -0.0528. The zero-order valence-corrected chi connectivity index (χ0v) is 17.4. The monoisotopic (exact) mass is 402 g/mol. The highest BCUT2D eigenvalue weighted by Gasteiger charge is 2.15. The zero-order valence-electron chi connectivity index (χ0n) is 16.6. The standard InChI is InChI=1S/C24H22N2O2S/c1-24(2,3)16-10-8-15(9-11-16)22(28)25-17-12-13-20(27)18(14-17)23-26-19-6-4-5-7-21(19)29-23/h4-14,27H,1-3H3,(H,25,28). The predicted octanol–water partition coefficient (Wildman–Crippen LogP) is 6.22. The number of phenols is 1. The van der Waals surface area contributed by atoms with Crippen molar-refractivity contribution in [2.24, 2.45) is 0 Å². The van der Waals surface area contributed by atoms with Gasteiger partial charge in [-0.3, -0.25) is 4.79 Å². The van der Waals surface area contributed by atoms with Gasteiger partial charge in [0.25, 0.3) is 5.91 Å². The highest BCUT2D eigenvalue weighted by molar-refractivity contribution is 7.21. The topological polar surface area (TPSA) is 62.2 Å². The molecule has 0 spiro atoms. The van der Waals surface area contributed by atoms with E-state index in [4.69, 9.17) is 0 Å². The molecule has 0 fully saturated rings. The Hall–Kier alpha value is -3.18. The van der Waals surface area contributed by atoms with Gasteiger partial charge in [-0.2, -0.15) is 0 Å². The van der Waals surface area contributed by atoms with Crippen molar-refractivity contribution in [1.29, 1.82) is 0 Å². The molecule has 4 rings (SSSR count). The van der Waals surface area contributed by atoms with Crippen molar-refractivity contribution in [3.05, 3.63) is 77.9 Å². The molecule has 0 aliphatic rings. The van der Waals surface area contributed by atoms with Gasteiger partial charge in [0.15, 0.2) is 0 Å². The third-order valence-electron chi connectivity index (χ3n) is 4.79. The Balaban J connectivity index is 1.59. The summed E-state index contributed by atoms with van der Waals surface area (Å²) in [6.45, 7) is 6.42. The summed E-state index contributed by atoms with van der Waals surface area (Å²) in [6.07, 6.45) is 0. The first-order valence-corrected chi connectivity index (χ1v) is 10.2. The van der Waals surface area contributed by atoms with E-state index in [0.717, 1.165) is 10.2 Å². The molecule has 0 aliphatic heterocycles. The predicted molar refractivity (Wildman–Crippen MR) is 120 cm³/mol. The van der Waals surface area contributed by atoms with E-state index in [9.17, 15) is 9.90 Å². The van der Waals surface area contributed by atoms with Crippen LogP contribution in [0.1, 0.15) is 36.7 Å². The number of benzene rings is 3. The Morgan fingerprint density at radius 3 is 2.41 bits per heavy atom. The molecule has 2 N–H and O–H groups in total. The molecule has 0 atom stereocenters. The number of nitrogens with zero attached hydrogens (tertiary/aromatic N) is 1. The molecule has 1 amide bonds. The number of thiazole rings is 1. The number of phenolic OH excluding ortho intramolecular Hbond substituents is 1. The minimum absolute atomic E-state index is 0.0398. The summed E-state index contributed by atoms with van der Waals surface area (Å²) in [5, 5.41) is 14.0. The fourth-order valence-electron chi connectivity index (χ4n) is 3.10. The van der Waals surface area contributed by atoms with Crippen LogP contribution < -0.4 is 5.32 Å². The molecule has 0 saturated heterocycles. The molecule has 4 aromatic rings. The lowest BCUT2D eigenvalue weighted by atomic mass is 9.87. The molecule has 0 radical (unpaired) electrons. The first kappa shape index (κ1) is 19.2. The van der Waals surface area contributed by atoms with Crippen molar-refractivity contribution >= 4 is 33.1 Å². The molecule has 3 aromatic carbocycles. The highest BCUT2D eigenvalue weighted by Crippen LogP contribution is 2.36.